The molecule has 1 radical (unpaired) electrons. The number of benzene rings is 1. The Hall–Kier alpha value is -1.37. The number of carbonyl (C=O) groups excluding carboxylic acids is 1. The van der Waals surface area contributed by atoms with Crippen molar-refractivity contribution >= 4 is 19.2 Å². The summed E-state index contributed by atoms with van der Waals surface area (Å²) in [5, 5.41) is 14.4. The van der Waals surface area contributed by atoms with E-state index in [4.69, 9.17) is 5.11 Å². The van der Waals surface area contributed by atoms with Gasteiger partial charge in [-0.15, -0.1) is 0 Å². The number of carbonyl (C=O) groups is 1. The monoisotopic (exact) mass is 235 g/mol. The van der Waals surface area contributed by atoms with Gasteiger partial charge < -0.3 is 20.3 Å². The van der Waals surface area contributed by atoms with Crippen molar-refractivity contribution in [1.82, 2.24) is 5.23 Å². The number of aliphatic hydroxyl groups is 1. The molecule has 91 valence electrons. The van der Waals surface area contributed by atoms with E-state index in [1.807, 2.05) is 31.2 Å². The molecule has 3 N–H and O–H groups in total. The molecule has 0 aliphatic carbocycles. The van der Waals surface area contributed by atoms with Gasteiger partial charge in [-0.2, -0.15) is 0 Å². The minimum atomic E-state index is -0.726. The zero-order valence-electron chi connectivity index (χ0n) is 9.93. The van der Waals surface area contributed by atoms with E-state index < -0.39 is 6.04 Å². The molecule has 0 heterocycles. The topological polar surface area (TPSA) is 70.6 Å². The Morgan fingerprint density at radius 1 is 1.47 bits per heavy atom. The largest absolute Gasteiger partial charge is 0.427 e. The van der Waals surface area contributed by atoms with Gasteiger partial charge in [0.2, 0.25) is 5.91 Å². The average Bonchev–Trinajstić information content (AvgIpc) is 2.33. The van der Waals surface area contributed by atoms with E-state index in [9.17, 15) is 4.79 Å². The van der Waals surface area contributed by atoms with Gasteiger partial charge in [0.1, 0.15) is 6.04 Å². The Morgan fingerprint density at radius 2 is 2.12 bits per heavy atom. The first-order chi connectivity index (χ1) is 8.17. The second-order valence-corrected chi connectivity index (χ2v) is 3.61. The van der Waals surface area contributed by atoms with Crippen LogP contribution in [0, 0.1) is 6.92 Å². The van der Waals surface area contributed by atoms with E-state index in [0.29, 0.717) is 5.69 Å². The second-order valence-electron chi connectivity index (χ2n) is 3.61. The molecule has 0 fully saturated rings. The van der Waals surface area contributed by atoms with Crippen molar-refractivity contribution in [2.45, 2.75) is 13.0 Å². The maximum atomic E-state index is 11.7. The standard InChI is InChI=1S/C11H16BN2O3/c1-8-3-5-9(6-4-8)13-11(16)10(7-15)14-12-17-2/h3-6,10,14-15H,7H2,1-2H3,(H,13,16)/t10-/m0/s1. The lowest BCUT2D eigenvalue weighted by Crippen LogP contribution is -2.45. The summed E-state index contributed by atoms with van der Waals surface area (Å²) in [6.07, 6.45) is 0. The van der Waals surface area contributed by atoms with E-state index in [2.05, 4.69) is 15.2 Å². The number of aliphatic hydroxyl groups excluding tert-OH is 1. The van der Waals surface area contributed by atoms with Crippen molar-refractivity contribution in [2.75, 3.05) is 19.0 Å². The second kappa shape index (κ2) is 7.06. The third-order valence-corrected chi connectivity index (χ3v) is 2.21. The molecule has 0 aromatic heterocycles. The first-order valence-corrected chi connectivity index (χ1v) is 5.26. The molecule has 0 spiro atoms. The highest BCUT2D eigenvalue weighted by atomic mass is 16.4. The van der Waals surface area contributed by atoms with Crippen LogP contribution in [0.5, 0.6) is 0 Å². The van der Waals surface area contributed by atoms with E-state index in [1.165, 1.54) is 14.7 Å². The summed E-state index contributed by atoms with van der Waals surface area (Å²) >= 11 is 0. The molecule has 0 bridgehead atoms. The van der Waals surface area contributed by atoms with Crippen LogP contribution < -0.4 is 10.5 Å². The molecule has 0 aliphatic rings. The molecular weight excluding hydrogens is 219 g/mol. The summed E-state index contributed by atoms with van der Waals surface area (Å²) in [5.74, 6) is -0.315. The van der Waals surface area contributed by atoms with Gasteiger partial charge in [-0.05, 0) is 19.1 Å². The van der Waals surface area contributed by atoms with E-state index in [1.54, 1.807) is 0 Å². The van der Waals surface area contributed by atoms with Crippen molar-refractivity contribution < 1.29 is 14.6 Å². The first kappa shape index (κ1) is 13.7. The summed E-state index contributed by atoms with van der Waals surface area (Å²) in [4.78, 5) is 11.7. The van der Waals surface area contributed by atoms with Crippen LogP contribution in [0.15, 0.2) is 24.3 Å². The summed E-state index contributed by atoms with van der Waals surface area (Å²) < 4.78 is 4.66. The molecule has 1 atom stereocenters. The fourth-order valence-electron chi connectivity index (χ4n) is 1.23. The molecule has 1 amide bonds. The molecule has 6 heteroatoms. The highest BCUT2D eigenvalue weighted by molar-refractivity contribution is 6.24. The number of rotatable bonds is 6. The Labute approximate surface area is 101 Å². The maximum Gasteiger partial charge on any atom is 0.396 e. The van der Waals surface area contributed by atoms with Crippen LogP contribution >= 0.6 is 0 Å². The van der Waals surface area contributed by atoms with Gasteiger partial charge in [0, 0.05) is 12.8 Å². The lowest BCUT2D eigenvalue weighted by atomic mass is 10.1. The van der Waals surface area contributed by atoms with Gasteiger partial charge in [-0.25, -0.2) is 0 Å². The SMILES string of the molecule is CO[B]N[C@@H](CO)C(=O)Nc1ccc(C)cc1. The van der Waals surface area contributed by atoms with E-state index in [-0.39, 0.29) is 12.5 Å². The Bertz CT molecular complexity index is 356. The van der Waals surface area contributed by atoms with Crippen molar-refractivity contribution in [3.8, 4) is 0 Å². The molecule has 0 aliphatic heterocycles. The molecule has 0 saturated carbocycles. The normalized spacial score (nSPS) is 11.9. The third kappa shape index (κ3) is 4.56. The minimum Gasteiger partial charge on any atom is -0.427 e. The van der Waals surface area contributed by atoms with Gasteiger partial charge in [-0.3, -0.25) is 4.79 Å². The van der Waals surface area contributed by atoms with Crippen LogP contribution in [0.3, 0.4) is 0 Å². The van der Waals surface area contributed by atoms with E-state index in [0.717, 1.165) is 5.56 Å². The van der Waals surface area contributed by atoms with Gasteiger partial charge in [0.05, 0.1) is 6.61 Å². The molecule has 0 saturated heterocycles. The Morgan fingerprint density at radius 3 is 2.65 bits per heavy atom. The lowest BCUT2D eigenvalue weighted by Gasteiger charge is -2.14. The average molecular weight is 235 g/mol. The Kier molecular flexibility index (Phi) is 5.69. The van der Waals surface area contributed by atoms with Gasteiger partial charge >= 0.3 is 7.62 Å². The maximum absolute atomic E-state index is 11.7. The highest BCUT2D eigenvalue weighted by Crippen LogP contribution is 2.08. The summed E-state index contributed by atoms with van der Waals surface area (Å²) in [6, 6.07) is 6.69. The summed E-state index contributed by atoms with van der Waals surface area (Å²) in [7, 11) is 2.72. The van der Waals surface area contributed by atoms with Crippen molar-refractivity contribution in [1.29, 1.82) is 0 Å². The van der Waals surface area contributed by atoms with Crippen LogP contribution in [0.25, 0.3) is 0 Å². The number of hydrogen-bond donors (Lipinski definition) is 3. The number of aryl methyl sites for hydroxylation is 1. The molecule has 0 unspecified atom stereocenters. The summed E-state index contributed by atoms with van der Waals surface area (Å²) in [6.45, 7) is 1.66. The fraction of sp³-hybridized carbons (Fsp3) is 0.364. The summed E-state index contributed by atoms with van der Waals surface area (Å²) in [5.41, 5.74) is 1.81. The van der Waals surface area contributed by atoms with Crippen molar-refractivity contribution in [3.63, 3.8) is 0 Å². The van der Waals surface area contributed by atoms with Gasteiger partial charge in [0.15, 0.2) is 0 Å². The zero-order valence-corrected chi connectivity index (χ0v) is 9.93. The molecular formula is C11H16BN2O3. The number of nitrogens with one attached hydrogen (secondary N) is 2. The predicted octanol–water partition coefficient (Wildman–Crippen LogP) is 0.0646. The minimum absolute atomic E-state index is 0.308. The molecule has 5 nitrogen and oxygen atoms in total. The van der Waals surface area contributed by atoms with Crippen LogP contribution in [-0.4, -0.2) is 38.4 Å². The number of amides is 1. The quantitative estimate of drug-likeness (QED) is 0.610. The highest BCUT2D eigenvalue weighted by Gasteiger charge is 2.17. The van der Waals surface area contributed by atoms with Gasteiger partial charge in [0.25, 0.3) is 0 Å². The predicted molar refractivity (Wildman–Crippen MR) is 66.6 cm³/mol. The third-order valence-electron chi connectivity index (χ3n) is 2.21. The molecule has 1 aromatic carbocycles. The van der Waals surface area contributed by atoms with Crippen LogP contribution in [0.4, 0.5) is 5.69 Å². The molecule has 1 aromatic rings. The number of anilines is 1. The fourth-order valence-corrected chi connectivity index (χ4v) is 1.23. The van der Waals surface area contributed by atoms with Crippen LogP contribution in [0.2, 0.25) is 0 Å². The van der Waals surface area contributed by atoms with Crippen molar-refractivity contribution in [2.24, 2.45) is 0 Å². The zero-order chi connectivity index (χ0) is 12.7. The van der Waals surface area contributed by atoms with Crippen LogP contribution in [0.1, 0.15) is 5.56 Å². The molecule has 1 rings (SSSR count). The molecule has 17 heavy (non-hydrogen) atoms. The van der Waals surface area contributed by atoms with Crippen LogP contribution in [-0.2, 0) is 9.45 Å². The van der Waals surface area contributed by atoms with E-state index >= 15 is 0 Å². The smallest absolute Gasteiger partial charge is 0.396 e. The lowest BCUT2D eigenvalue weighted by molar-refractivity contribution is -0.118. The first-order valence-electron chi connectivity index (χ1n) is 5.26. The van der Waals surface area contributed by atoms with Gasteiger partial charge in [-0.1, -0.05) is 17.7 Å². The number of hydrogen-bond acceptors (Lipinski definition) is 4. The van der Waals surface area contributed by atoms with Crippen molar-refractivity contribution in [3.05, 3.63) is 29.8 Å². The Balaban J connectivity index is 2.54.